The quantitative estimate of drug-likeness (QED) is 0.347. The zero-order valence-corrected chi connectivity index (χ0v) is 13.7. The molecule has 0 fully saturated rings. The van der Waals surface area contributed by atoms with Crippen LogP contribution < -0.4 is 4.74 Å². The van der Waals surface area contributed by atoms with E-state index in [-0.39, 0.29) is 16.5 Å². The maximum atomic E-state index is 11.4. The van der Waals surface area contributed by atoms with E-state index in [1.807, 2.05) is 60.8 Å². The number of benzene rings is 3. The van der Waals surface area contributed by atoms with Gasteiger partial charge in [0.25, 0.3) is 5.69 Å². The molecule has 5 nitrogen and oxygen atoms in total. The minimum absolute atomic E-state index is 0.0492. The highest BCUT2D eigenvalue weighted by molar-refractivity contribution is 5.92. The van der Waals surface area contributed by atoms with Crippen LogP contribution in [0.2, 0.25) is 0 Å². The molecule has 0 saturated heterocycles. The van der Waals surface area contributed by atoms with Crippen LogP contribution in [0.15, 0.2) is 72.9 Å². The first kappa shape index (κ1) is 14.7. The van der Waals surface area contributed by atoms with Crippen molar-refractivity contribution in [1.29, 1.82) is 0 Å². The number of fused-ring (bicyclic) bond motifs is 3. The predicted molar refractivity (Wildman–Crippen MR) is 98.9 cm³/mol. The van der Waals surface area contributed by atoms with Crippen molar-refractivity contribution in [2.45, 2.75) is 5.92 Å². The lowest BCUT2D eigenvalue weighted by molar-refractivity contribution is -0.383. The van der Waals surface area contributed by atoms with Crippen LogP contribution in [0.1, 0.15) is 22.6 Å². The maximum absolute atomic E-state index is 11.4. The van der Waals surface area contributed by atoms with Gasteiger partial charge in [0, 0.05) is 34.7 Å². The van der Waals surface area contributed by atoms with E-state index in [1.165, 1.54) is 6.07 Å². The number of nitro groups is 1. The third-order valence-electron chi connectivity index (χ3n) is 4.91. The van der Waals surface area contributed by atoms with Gasteiger partial charge in [0.15, 0.2) is 0 Å². The molecule has 4 aromatic rings. The number of nitrogens with one attached hydrogen (secondary N) is 1. The van der Waals surface area contributed by atoms with E-state index >= 15 is 0 Å². The van der Waals surface area contributed by atoms with E-state index in [1.54, 1.807) is 6.07 Å². The second-order valence-electron chi connectivity index (χ2n) is 6.31. The van der Waals surface area contributed by atoms with Gasteiger partial charge in [-0.15, -0.1) is 0 Å². The number of hydrogen-bond donors (Lipinski definition) is 1. The Kier molecular flexibility index (Phi) is 3.09. The Morgan fingerprint density at radius 2 is 1.50 bits per heavy atom. The first-order valence-corrected chi connectivity index (χ1v) is 8.34. The smallest absolute Gasteiger partial charge is 0.293 e. The van der Waals surface area contributed by atoms with Gasteiger partial charge >= 0.3 is 0 Å². The molecule has 1 aliphatic heterocycles. The van der Waals surface area contributed by atoms with Gasteiger partial charge in [-0.1, -0.05) is 48.5 Å². The van der Waals surface area contributed by atoms with E-state index in [0.29, 0.717) is 5.52 Å². The second-order valence-corrected chi connectivity index (χ2v) is 6.31. The fourth-order valence-corrected chi connectivity index (χ4v) is 3.80. The SMILES string of the molecule is O=[N+]([O-])c1cccc2c(C3c4ccccc4Oc4ccccc43)c[nH]c12. The Morgan fingerprint density at radius 3 is 2.15 bits per heavy atom. The molecule has 2 heterocycles. The van der Waals surface area contributed by atoms with Gasteiger partial charge in [0.1, 0.15) is 17.0 Å². The third kappa shape index (κ3) is 2.04. The van der Waals surface area contributed by atoms with E-state index < -0.39 is 0 Å². The standard InChI is InChI=1S/C21H14N2O3/c24-23(25)17-9-5-8-13-16(12-22-21(13)17)20-14-6-1-3-10-18(14)26-19-11-4-2-7-15(19)20/h1-12,20,22H. The fraction of sp³-hybridized carbons (Fsp3) is 0.0476. The Hall–Kier alpha value is -3.60. The number of ether oxygens (including phenoxy) is 1. The predicted octanol–water partition coefficient (Wildman–Crippen LogP) is 5.36. The lowest BCUT2D eigenvalue weighted by atomic mass is 9.82. The lowest BCUT2D eigenvalue weighted by Crippen LogP contribution is -2.11. The normalized spacial score (nSPS) is 13.1. The molecule has 0 atom stereocenters. The van der Waals surface area contributed by atoms with Crippen molar-refractivity contribution in [2.75, 3.05) is 0 Å². The number of para-hydroxylation sites is 3. The maximum Gasteiger partial charge on any atom is 0.293 e. The molecule has 1 N–H and O–H groups in total. The van der Waals surface area contributed by atoms with Crippen molar-refractivity contribution in [3.63, 3.8) is 0 Å². The molecule has 0 amide bonds. The van der Waals surface area contributed by atoms with E-state index in [4.69, 9.17) is 4.74 Å². The average Bonchev–Trinajstić information content (AvgIpc) is 3.09. The summed E-state index contributed by atoms with van der Waals surface area (Å²) in [6.45, 7) is 0. The molecule has 0 radical (unpaired) electrons. The minimum Gasteiger partial charge on any atom is -0.457 e. The molecule has 0 bridgehead atoms. The first-order valence-electron chi connectivity index (χ1n) is 8.34. The first-order chi connectivity index (χ1) is 12.7. The number of H-pyrrole nitrogens is 1. The van der Waals surface area contributed by atoms with Crippen LogP contribution in [-0.2, 0) is 0 Å². The summed E-state index contributed by atoms with van der Waals surface area (Å²) in [5.74, 6) is 1.58. The molecule has 3 aromatic carbocycles. The van der Waals surface area contributed by atoms with Crippen molar-refractivity contribution in [1.82, 2.24) is 4.98 Å². The van der Waals surface area contributed by atoms with Gasteiger partial charge < -0.3 is 9.72 Å². The van der Waals surface area contributed by atoms with Crippen LogP contribution in [0.25, 0.3) is 10.9 Å². The molecule has 0 aliphatic carbocycles. The van der Waals surface area contributed by atoms with Crippen LogP contribution in [0.4, 0.5) is 5.69 Å². The zero-order chi connectivity index (χ0) is 17.7. The summed E-state index contributed by atoms with van der Waals surface area (Å²) in [7, 11) is 0. The molecule has 26 heavy (non-hydrogen) atoms. The van der Waals surface area contributed by atoms with Crippen molar-refractivity contribution in [2.24, 2.45) is 0 Å². The van der Waals surface area contributed by atoms with E-state index in [9.17, 15) is 10.1 Å². The van der Waals surface area contributed by atoms with Gasteiger partial charge in [-0.25, -0.2) is 0 Å². The molecular formula is C21H14N2O3. The van der Waals surface area contributed by atoms with Crippen molar-refractivity contribution in [3.8, 4) is 11.5 Å². The zero-order valence-electron chi connectivity index (χ0n) is 13.7. The monoisotopic (exact) mass is 342 g/mol. The molecule has 1 aromatic heterocycles. The van der Waals surface area contributed by atoms with Crippen LogP contribution in [0.3, 0.4) is 0 Å². The average molecular weight is 342 g/mol. The summed E-state index contributed by atoms with van der Waals surface area (Å²) >= 11 is 0. The van der Waals surface area contributed by atoms with E-state index in [2.05, 4.69) is 4.98 Å². The Balaban J connectivity index is 1.81. The molecule has 0 saturated carbocycles. The Morgan fingerprint density at radius 1 is 0.846 bits per heavy atom. The molecule has 0 unspecified atom stereocenters. The number of hydrogen-bond acceptors (Lipinski definition) is 3. The molecule has 0 spiro atoms. The number of aromatic amines is 1. The molecule has 126 valence electrons. The lowest BCUT2D eigenvalue weighted by Gasteiger charge is -2.28. The summed E-state index contributed by atoms with van der Waals surface area (Å²) in [6, 6.07) is 21.1. The van der Waals surface area contributed by atoms with Gasteiger partial charge in [0.05, 0.1) is 4.92 Å². The van der Waals surface area contributed by atoms with Crippen molar-refractivity contribution < 1.29 is 9.66 Å². The van der Waals surface area contributed by atoms with Gasteiger partial charge in [-0.3, -0.25) is 10.1 Å². The van der Waals surface area contributed by atoms with Gasteiger partial charge in [0.2, 0.25) is 0 Å². The van der Waals surface area contributed by atoms with Crippen LogP contribution in [0, 0.1) is 10.1 Å². The van der Waals surface area contributed by atoms with Crippen LogP contribution in [-0.4, -0.2) is 9.91 Å². The number of nitrogens with zero attached hydrogens (tertiary/aromatic N) is 1. The Bertz CT molecular complexity index is 1120. The highest BCUT2D eigenvalue weighted by Crippen LogP contribution is 2.48. The Labute approximate surface area is 149 Å². The van der Waals surface area contributed by atoms with Crippen LogP contribution in [0.5, 0.6) is 11.5 Å². The largest absolute Gasteiger partial charge is 0.457 e. The van der Waals surface area contributed by atoms with E-state index in [0.717, 1.165) is 33.6 Å². The van der Waals surface area contributed by atoms with Crippen molar-refractivity contribution in [3.05, 3.63) is 99.7 Å². The third-order valence-corrected chi connectivity index (χ3v) is 4.91. The molecular weight excluding hydrogens is 328 g/mol. The number of aromatic nitrogens is 1. The highest BCUT2D eigenvalue weighted by Gasteiger charge is 2.30. The number of non-ortho nitro benzene ring substituents is 1. The minimum atomic E-state index is -0.353. The van der Waals surface area contributed by atoms with Gasteiger partial charge in [-0.05, 0) is 17.7 Å². The van der Waals surface area contributed by atoms with Crippen molar-refractivity contribution >= 4 is 16.6 Å². The number of rotatable bonds is 2. The fourth-order valence-electron chi connectivity index (χ4n) is 3.80. The van der Waals surface area contributed by atoms with Crippen LogP contribution >= 0.6 is 0 Å². The highest BCUT2D eigenvalue weighted by atomic mass is 16.6. The summed E-state index contributed by atoms with van der Waals surface area (Å²) in [5.41, 5.74) is 3.75. The number of nitro benzene ring substituents is 1. The molecule has 5 rings (SSSR count). The van der Waals surface area contributed by atoms with Gasteiger partial charge in [-0.2, -0.15) is 0 Å². The second kappa shape index (κ2) is 5.46. The summed E-state index contributed by atoms with van der Waals surface area (Å²) in [6.07, 6.45) is 1.88. The molecule has 1 aliphatic rings. The summed E-state index contributed by atoms with van der Waals surface area (Å²) in [4.78, 5) is 14.1. The topological polar surface area (TPSA) is 68.2 Å². The summed E-state index contributed by atoms with van der Waals surface area (Å²) < 4.78 is 6.06. The molecule has 5 heteroatoms. The summed E-state index contributed by atoms with van der Waals surface area (Å²) in [5, 5.41) is 12.2.